The van der Waals surface area contributed by atoms with Crippen LogP contribution in [0.25, 0.3) is 0 Å². The lowest BCUT2D eigenvalue weighted by Gasteiger charge is -2.17. The van der Waals surface area contributed by atoms with E-state index in [0.29, 0.717) is 12.4 Å². The zero-order chi connectivity index (χ0) is 14.3. The van der Waals surface area contributed by atoms with Crippen molar-refractivity contribution in [1.82, 2.24) is 4.98 Å². The SMILES string of the molecule is CCCCC(CN)Nc1nc(OC)ccc1[N+](=O)[O-]. The van der Waals surface area contributed by atoms with Crippen molar-refractivity contribution in [3.63, 3.8) is 0 Å². The lowest BCUT2D eigenvalue weighted by Crippen LogP contribution is -2.29. The highest BCUT2D eigenvalue weighted by molar-refractivity contribution is 5.57. The van der Waals surface area contributed by atoms with Gasteiger partial charge in [0.05, 0.1) is 12.0 Å². The lowest BCUT2D eigenvalue weighted by atomic mass is 10.1. The second-order valence-corrected chi connectivity index (χ2v) is 4.20. The molecule has 1 unspecified atom stereocenters. The Morgan fingerprint density at radius 1 is 1.58 bits per heavy atom. The van der Waals surface area contributed by atoms with Crippen LogP contribution in [0, 0.1) is 10.1 Å². The molecule has 0 radical (unpaired) electrons. The van der Waals surface area contributed by atoms with E-state index >= 15 is 0 Å². The Bertz CT molecular complexity index is 425. The van der Waals surface area contributed by atoms with Crippen molar-refractivity contribution in [3.05, 3.63) is 22.2 Å². The molecule has 0 aromatic carbocycles. The van der Waals surface area contributed by atoms with E-state index in [4.69, 9.17) is 10.5 Å². The number of unbranched alkanes of at least 4 members (excludes halogenated alkanes) is 1. The summed E-state index contributed by atoms with van der Waals surface area (Å²) in [6, 6.07) is 2.81. The highest BCUT2D eigenvalue weighted by atomic mass is 16.6. The zero-order valence-corrected chi connectivity index (χ0v) is 11.3. The minimum Gasteiger partial charge on any atom is -0.481 e. The Balaban J connectivity index is 2.92. The molecule has 7 heteroatoms. The zero-order valence-electron chi connectivity index (χ0n) is 11.3. The van der Waals surface area contributed by atoms with Crippen LogP contribution in [0.1, 0.15) is 26.2 Å². The summed E-state index contributed by atoms with van der Waals surface area (Å²) >= 11 is 0. The van der Waals surface area contributed by atoms with Crippen molar-refractivity contribution in [2.75, 3.05) is 19.0 Å². The normalized spacial score (nSPS) is 11.9. The van der Waals surface area contributed by atoms with Crippen molar-refractivity contribution in [2.45, 2.75) is 32.2 Å². The fourth-order valence-electron chi connectivity index (χ4n) is 1.69. The maximum atomic E-state index is 11.0. The average Bonchev–Trinajstić information content (AvgIpc) is 2.42. The standard InChI is InChI=1S/C12H20N4O3/c1-3-4-5-9(8-13)14-12-10(16(17)18)6-7-11(15-12)19-2/h6-7,9H,3-5,8,13H2,1-2H3,(H,14,15). The molecule has 0 amide bonds. The highest BCUT2D eigenvalue weighted by Gasteiger charge is 2.19. The first-order valence-corrected chi connectivity index (χ1v) is 6.28. The van der Waals surface area contributed by atoms with Crippen molar-refractivity contribution < 1.29 is 9.66 Å². The van der Waals surface area contributed by atoms with Crippen LogP contribution >= 0.6 is 0 Å². The van der Waals surface area contributed by atoms with Gasteiger partial charge in [-0.1, -0.05) is 19.8 Å². The molecule has 1 aromatic rings. The smallest absolute Gasteiger partial charge is 0.311 e. The molecule has 0 fully saturated rings. The maximum absolute atomic E-state index is 11.0. The molecule has 0 aliphatic heterocycles. The molecule has 0 saturated heterocycles. The largest absolute Gasteiger partial charge is 0.481 e. The molecule has 1 heterocycles. The van der Waals surface area contributed by atoms with Gasteiger partial charge in [-0.25, -0.2) is 0 Å². The number of nitrogens with zero attached hydrogens (tertiary/aromatic N) is 2. The van der Waals surface area contributed by atoms with E-state index in [-0.39, 0.29) is 17.5 Å². The predicted octanol–water partition coefficient (Wildman–Crippen LogP) is 1.93. The molecule has 3 N–H and O–H groups in total. The summed E-state index contributed by atoms with van der Waals surface area (Å²) in [6.07, 6.45) is 2.90. The van der Waals surface area contributed by atoms with Gasteiger partial charge < -0.3 is 15.8 Å². The first-order valence-electron chi connectivity index (χ1n) is 6.28. The number of hydrogen-bond donors (Lipinski definition) is 2. The number of methoxy groups -OCH3 is 1. The van der Waals surface area contributed by atoms with Gasteiger partial charge in [0, 0.05) is 24.7 Å². The number of nitrogens with one attached hydrogen (secondary N) is 1. The summed E-state index contributed by atoms with van der Waals surface area (Å²) in [7, 11) is 1.47. The monoisotopic (exact) mass is 268 g/mol. The molecular formula is C12H20N4O3. The molecule has 0 spiro atoms. The molecule has 7 nitrogen and oxygen atoms in total. The van der Waals surface area contributed by atoms with Crippen LogP contribution in [-0.2, 0) is 0 Å². The van der Waals surface area contributed by atoms with Crippen molar-refractivity contribution >= 4 is 11.5 Å². The minimum absolute atomic E-state index is 0.0294. The van der Waals surface area contributed by atoms with Crippen LogP contribution in [0.4, 0.5) is 11.5 Å². The first kappa shape index (κ1) is 15.2. The van der Waals surface area contributed by atoms with E-state index in [1.165, 1.54) is 19.2 Å². The summed E-state index contributed by atoms with van der Waals surface area (Å²) in [6.45, 7) is 2.48. The van der Waals surface area contributed by atoms with Gasteiger partial charge in [-0.05, 0) is 6.42 Å². The fourth-order valence-corrected chi connectivity index (χ4v) is 1.69. The topological polar surface area (TPSA) is 103 Å². The Labute approximate surface area is 112 Å². The van der Waals surface area contributed by atoms with Gasteiger partial charge >= 0.3 is 5.69 Å². The number of rotatable bonds is 8. The minimum atomic E-state index is -0.470. The molecule has 1 aromatic heterocycles. The molecule has 1 atom stereocenters. The van der Waals surface area contributed by atoms with E-state index in [1.54, 1.807) is 0 Å². The van der Waals surface area contributed by atoms with Crippen molar-refractivity contribution in [2.24, 2.45) is 5.73 Å². The summed E-state index contributed by atoms with van der Waals surface area (Å²) in [4.78, 5) is 14.6. The molecular weight excluding hydrogens is 248 g/mol. The van der Waals surface area contributed by atoms with E-state index in [0.717, 1.165) is 19.3 Å². The maximum Gasteiger partial charge on any atom is 0.311 e. The number of hydrogen-bond acceptors (Lipinski definition) is 6. The van der Waals surface area contributed by atoms with Gasteiger partial charge in [-0.15, -0.1) is 0 Å². The van der Waals surface area contributed by atoms with Gasteiger partial charge in [0.25, 0.3) is 0 Å². The Morgan fingerprint density at radius 2 is 2.32 bits per heavy atom. The second kappa shape index (κ2) is 7.52. The number of nitrogens with two attached hydrogens (primary N) is 1. The third kappa shape index (κ3) is 4.36. The van der Waals surface area contributed by atoms with Crippen LogP contribution in [0.2, 0.25) is 0 Å². The van der Waals surface area contributed by atoms with E-state index in [2.05, 4.69) is 17.2 Å². The molecule has 0 aliphatic carbocycles. The summed E-state index contributed by atoms with van der Waals surface area (Å²) in [5.41, 5.74) is 5.59. The molecule has 0 bridgehead atoms. The average molecular weight is 268 g/mol. The predicted molar refractivity (Wildman–Crippen MR) is 73.4 cm³/mol. The second-order valence-electron chi connectivity index (χ2n) is 4.20. The van der Waals surface area contributed by atoms with Crippen molar-refractivity contribution in [3.8, 4) is 5.88 Å². The van der Waals surface area contributed by atoms with Gasteiger partial charge in [0.2, 0.25) is 11.7 Å². The van der Waals surface area contributed by atoms with Crippen LogP contribution < -0.4 is 15.8 Å². The van der Waals surface area contributed by atoms with E-state index in [1.807, 2.05) is 0 Å². The number of nitro groups is 1. The first-order chi connectivity index (χ1) is 9.12. The number of ether oxygens (including phenoxy) is 1. The fraction of sp³-hybridized carbons (Fsp3) is 0.583. The van der Waals surface area contributed by atoms with Crippen LogP contribution in [0.15, 0.2) is 12.1 Å². The summed E-state index contributed by atoms with van der Waals surface area (Å²) in [5.74, 6) is 0.537. The van der Waals surface area contributed by atoms with Crippen molar-refractivity contribution in [1.29, 1.82) is 0 Å². The Morgan fingerprint density at radius 3 is 2.84 bits per heavy atom. The lowest BCUT2D eigenvalue weighted by molar-refractivity contribution is -0.384. The Hall–Kier alpha value is -1.89. The molecule has 19 heavy (non-hydrogen) atoms. The van der Waals surface area contributed by atoms with Gasteiger partial charge in [-0.3, -0.25) is 10.1 Å². The number of anilines is 1. The molecule has 106 valence electrons. The third-order valence-corrected chi connectivity index (χ3v) is 2.79. The molecule has 1 rings (SSSR count). The Kier molecular flexibility index (Phi) is 6.01. The highest BCUT2D eigenvalue weighted by Crippen LogP contribution is 2.25. The van der Waals surface area contributed by atoms with Gasteiger partial charge in [0.1, 0.15) is 0 Å². The van der Waals surface area contributed by atoms with E-state index < -0.39 is 4.92 Å². The summed E-state index contributed by atoms with van der Waals surface area (Å²) < 4.78 is 4.98. The van der Waals surface area contributed by atoms with Crippen LogP contribution in [-0.4, -0.2) is 29.6 Å². The number of aromatic nitrogens is 1. The van der Waals surface area contributed by atoms with Gasteiger partial charge in [0.15, 0.2) is 0 Å². The number of pyridine rings is 1. The summed E-state index contributed by atoms with van der Waals surface area (Å²) in [5, 5.41) is 14.0. The van der Waals surface area contributed by atoms with Crippen LogP contribution in [0.5, 0.6) is 5.88 Å². The van der Waals surface area contributed by atoms with Crippen LogP contribution in [0.3, 0.4) is 0 Å². The van der Waals surface area contributed by atoms with Gasteiger partial charge in [-0.2, -0.15) is 4.98 Å². The molecule has 0 saturated carbocycles. The third-order valence-electron chi connectivity index (χ3n) is 2.79. The quantitative estimate of drug-likeness (QED) is 0.551. The van der Waals surface area contributed by atoms with E-state index in [9.17, 15) is 10.1 Å². The molecule has 0 aliphatic rings.